The molecule has 2 aliphatic rings. The lowest BCUT2D eigenvalue weighted by atomic mass is 9.78. The Morgan fingerprint density at radius 3 is 2.10 bits per heavy atom. The highest BCUT2D eigenvalue weighted by Gasteiger charge is 2.38. The van der Waals surface area contributed by atoms with E-state index in [9.17, 15) is 0 Å². The first-order valence-electron chi connectivity index (χ1n) is 11.0. The van der Waals surface area contributed by atoms with E-state index in [4.69, 9.17) is 4.42 Å². The topological polar surface area (TPSA) is 11.3 Å². The maximum absolute atomic E-state index is 6.87. The van der Waals surface area contributed by atoms with Gasteiger partial charge in [-0.1, -0.05) is 60.7 Å². The third kappa shape index (κ3) is 2.51. The van der Waals surface area contributed by atoms with E-state index in [1.54, 1.807) is 0 Å². The lowest BCUT2D eigenvalue weighted by molar-refractivity contribution is 0.556. The maximum Gasteiger partial charge on any atom is 0.365 e. The summed E-state index contributed by atoms with van der Waals surface area (Å²) in [5.74, 6) is 2.16. The molecule has 3 aromatic carbocycles. The average molecular weight is 390 g/mol. The number of hydrogen-bond acceptors (Lipinski definition) is 0. The number of hydrogen-bond donors (Lipinski definition) is 0. The molecule has 0 saturated heterocycles. The van der Waals surface area contributed by atoms with Crippen molar-refractivity contribution >= 4 is 0 Å². The van der Waals surface area contributed by atoms with Gasteiger partial charge in [0.05, 0.1) is 22.3 Å². The molecule has 1 aromatic heterocycles. The van der Waals surface area contributed by atoms with Crippen molar-refractivity contribution in [3.05, 3.63) is 100 Å². The number of benzene rings is 3. The van der Waals surface area contributed by atoms with Crippen LogP contribution in [0.2, 0.25) is 0 Å². The Hall–Kier alpha value is -3.19. The van der Waals surface area contributed by atoms with Crippen LogP contribution < -0.4 is 0 Å². The molecule has 0 unspecified atom stereocenters. The Morgan fingerprint density at radius 2 is 1.23 bits per heavy atom. The van der Waals surface area contributed by atoms with E-state index in [2.05, 4.69) is 80.6 Å². The fourth-order valence-corrected chi connectivity index (χ4v) is 5.46. The molecule has 0 fully saturated rings. The summed E-state index contributed by atoms with van der Waals surface area (Å²) in [5, 5.41) is 0. The Morgan fingerprint density at radius 1 is 0.567 bits per heavy atom. The number of aryl methyl sites for hydroxylation is 3. The van der Waals surface area contributed by atoms with Crippen molar-refractivity contribution in [2.45, 2.75) is 39.5 Å². The molecule has 0 aliphatic heterocycles. The summed E-state index contributed by atoms with van der Waals surface area (Å²) in [6.45, 7) is 4.45. The second-order valence-corrected chi connectivity index (χ2v) is 8.67. The molecular weight excluding hydrogens is 364 g/mol. The van der Waals surface area contributed by atoms with Gasteiger partial charge in [0, 0.05) is 5.56 Å². The molecule has 2 aliphatic carbocycles. The van der Waals surface area contributed by atoms with Crippen LogP contribution in [-0.2, 0) is 25.7 Å². The van der Waals surface area contributed by atoms with Crippen molar-refractivity contribution in [2.75, 3.05) is 0 Å². The second kappa shape index (κ2) is 6.67. The Labute approximate surface area is 178 Å². The highest BCUT2D eigenvalue weighted by Crippen LogP contribution is 2.48. The summed E-state index contributed by atoms with van der Waals surface area (Å²) in [4.78, 5) is 0. The van der Waals surface area contributed by atoms with Gasteiger partial charge in [-0.25, -0.2) is 4.42 Å². The van der Waals surface area contributed by atoms with Gasteiger partial charge in [-0.15, -0.1) is 0 Å². The highest BCUT2D eigenvalue weighted by molar-refractivity contribution is 5.87. The Kier molecular flexibility index (Phi) is 3.92. The zero-order chi connectivity index (χ0) is 20.2. The quantitative estimate of drug-likeness (QED) is 0.309. The van der Waals surface area contributed by atoms with E-state index in [1.165, 1.54) is 55.6 Å². The van der Waals surface area contributed by atoms with Crippen LogP contribution in [0.15, 0.2) is 71.1 Å². The zero-order valence-electron chi connectivity index (χ0n) is 17.6. The first-order chi connectivity index (χ1) is 14.7. The molecule has 0 atom stereocenters. The Bertz CT molecular complexity index is 1300. The normalized spacial score (nSPS) is 13.8. The molecule has 1 heterocycles. The fraction of sp³-hybridized carbons (Fsp3) is 0.207. The molecule has 0 spiro atoms. The van der Waals surface area contributed by atoms with Crippen LogP contribution in [0.3, 0.4) is 0 Å². The minimum atomic E-state index is 1.03. The minimum absolute atomic E-state index is 1.03. The van der Waals surface area contributed by atoms with Gasteiger partial charge in [0.25, 0.3) is 0 Å². The Balaban J connectivity index is 1.75. The molecule has 0 radical (unpaired) electrons. The minimum Gasteiger partial charge on any atom is -0.206 e. The highest BCUT2D eigenvalue weighted by atomic mass is 16.3. The fourth-order valence-electron chi connectivity index (χ4n) is 5.46. The predicted molar refractivity (Wildman–Crippen MR) is 124 cm³/mol. The van der Waals surface area contributed by atoms with Crippen LogP contribution in [0.5, 0.6) is 0 Å². The lowest BCUT2D eigenvalue weighted by Crippen LogP contribution is -2.13. The smallest absolute Gasteiger partial charge is 0.206 e. The van der Waals surface area contributed by atoms with Crippen molar-refractivity contribution in [1.82, 2.24) is 0 Å². The third-order valence-corrected chi connectivity index (χ3v) is 6.93. The van der Waals surface area contributed by atoms with E-state index in [1.807, 2.05) is 0 Å². The monoisotopic (exact) mass is 389 g/mol. The van der Waals surface area contributed by atoms with Crippen LogP contribution in [0, 0.1) is 13.8 Å². The SMILES string of the molecule is Cc1ccc(C)c2c1CCc1c-2[o+]c2c(c1-c1ccccc1)CCc1ccccc1-2. The van der Waals surface area contributed by atoms with E-state index < -0.39 is 0 Å². The predicted octanol–water partition coefficient (Wildman–Crippen LogP) is 7.38. The molecule has 146 valence electrons. The van der Waals surface area contributed by atoms with Gasteiger partial charge in [-0.05, 0) is 73.4 Å². The molecule has 4 aromatic rings. The summed E-state index contributed by atoms with van der Waals surface area (Å²) >= 11 is 0. The molecule has 1 nitrogen and oxygen atoms in total. The molecule has 0 bridgehead atoms. The molecule has 1 heteroatoms. The standard InChI is InChI=1S/C29H25O/c1-18-12-13-19(2)26-22(18)16-17-25-27(21-9-4-3-5-10-21)24-15-14-20-8-6-7-11-23(20)28(24)30-29(25)26/h3-13H,14-17H2,1-2H3/q+1. The van der Waals surface area contributed by atoms with Crippen LogP contribution in [0.1, 0.15) is 33.4 Å². The first kappa shape index (κ1) is 17.7. The van der Waals surface area contributed by atoms with Crippen LogP contribution in [-0.4, -0.2) is 0 Å². The van der Waals surface area contributed by atoms with Gasteiger partial charge in [0.15, 0.2) is 0 Å². The molecule has 6 rings (SSSR count). The average Bonchev–Trinajstić information content (AvgIpc) is 2.80. The van der Waals surface area contributed by atoms with E-state index in [0.717, 1.165) is 37.2 Å². The summed E-state index contributed by atoms with van der Waals surface area (Å²) in [5.41, 5.74) is 13.6. The van der Waals surface area contributed by atoms with Crippen molar-refractivity contribution in [3.8, 4) is 33.8 Å². The molecule has 0 saturated carbocycles. The van der Waals surface area contributed by atoms with Gasteiger partial charge >= 0.3 is 11.5 Å². The number of fused-ring (bicyclic) bond motifs is 6. The van der Waals surface area contributed by atoms with E-state index in [-0.39, 0.29) is 0 Å². The second-order valence-electron chi connectivity index (χ2n) is 8.67. The summed E-state index contributed by atoms with van der Waals surface area (Å²) < 4.78 is 6.87. The molecule has 0 amide bonds. The number of rotatable bonds is 1. The molecular formula is C29H25O+. The van der Waals surface area contributed by atoms with Gasteiger partial charge < -0.3 is 0 Å². The van der Waals surface area contributed by atoms with Crippen LogP contribution in [0.4, 0.5) is 0 Å². The lowest BCUT2D eigenvalue weighted by Gasteiger charge is -2.23. The first-order valence-corrected chi connectivity index (χ1v) is 11.0. The van der Waals surface area contributed by atoms with Crippen molar-refractivity contribution in [3.63, 3.8) is 0 Å². The van der Waals surface area contributed by atoms with Crippen LogP contribution in [0.25, 0.3) is 33.8 Å². The van der Waals surface area contributed by atoms with Gasteiger partial charge in [-0.2, -0.15) is 0 Å². The summed E-state index contributed by atoms with van der Waals surface area (Å²) in [7, 11) is 0. The van der Waals surface area contributed by atoms with E-state index >= 15 is 0 Å². The van der Waals surface area contributed by atoms with Crippen molar-refractivity contribution < 1.29 is 4.42 Å². The maximum atomic E-state index is 6.87. The third-order valence-electron chi connectivity index (χ3n) is 6.93. The van der Waals surface area contributed by atoms with Crippen molar-refractivity contribution in [2.24, 2.45) is 0 Å². The van der Waals surface area contributed by atoms with Crippen molar-refractivity contribution in [1.29, 1.82) is 0 Å². The van der Waals surface area contributed by atoms with Gasteiger partial charge in [-0.3, -0.25) is 0 Å². The zero-order valence-corrected chi connectivity index (χ0v) is 17.6. The molecule has 30 heavy (non-hydrogen) atoms. The summed E-state index contributed by atoms with van der Waals surface area (Å²) in [6.07, 6.45) is 4.23. The van der Waals surface area contributed by atoms with Gasteiger partial charge in [0.1, 0.15) is 0 Å². The van der Waals surface area contributed by atoms with Gasteiger partial charge in [0.2, 0.25) is 0 Å². The van der Waals surface area contributed by atoms with Crippen LogP contribution >= 0.6 is 0 Å². The molecule has 0 N–H and O–H groups in total. The van der Waals surface area contributed by atoms with E-state index in [0.29, 0.717) is 0 Å². The summed E-state index contributed by atoms with van der Waals surface area (Å²) in [6, 6.07) is 24.2. The largest absolute Gasteiger partial charge is 0.365 e.